The maximum absolute atomic E-state index is 13.9. The average molecular weight is 391 g/mol. The van der Waals surface area contributed by atoms with Gasteiger partial charge < -0.3 is 20.6 Å². The second-order valence-corrected chi connectivity index (χ2v) is 8.31. The molecule has 146 valence electrons. The SMILES string of the molecule is CS(=O)(=O)c1cc(F)c(CNCCNC2CCN(C(=O)O)CC2)cc1F. The lowest BCUT2D eigenvalue weighted by molar-refractivity contribution is 0.129. The van der Waals surface area contributed by atoms with Crippen molar-refractivity contribution in [1.82, 2.24) is 15.5 Å². The van der Waals surface area contributed by atoms with Crippen molar-refractivity contribution in [2.45, 2.75) is 30.3 Å². The zero-order valence-electron chi connectivity index (χ0n) is 14.5. The molecule has 0 spiro atoms. The molecule has 7 nitrogen and oxygen atoms in total. The van der Waals surface area contributed by atoms with Gasteiger partial charge in [-0.2, -0.15) is 0 Å². The average Bonchev–Trinajstić information content (AvgIpc) is 2.56. The number of rotatable bonds is 7. The lowest BCUT2D eigenvalue weighted by Gasteiger charge is -2.30. The Morgan fingerprint density at radius 1 is 1.23 bits per heavy atom. The number of piperidine rings is 1. The maximum Gasteiger partial charge on any atom is 0.407 e. The second kappa shape index (κ2) is 8.74. The van der Waals surface area contributed by atoms with Crippen molar-refractivity contribution in [3.05, 3.63) is 29.3 Å². The van der Waals surface area contributed by atoms with Crippen molar-refractivity contribution >= 4 is 15.9 Å². The van der Waals surface area contributed by atoms with Crippen LogP contribution in [-0.2, 0) is 16.4 Å². The van der Waals surface area contributed by atoms with Crippen molar-refractivity contribution in [3.63, 3.8) is 0 Å². The first kappa shape index (κ1) is 20.5. The highest BCUT2D eigenvalue weighted by atomic mass is 32.2. The van der Waals surface area contributed by atoms with Crippen molar-refractivity contribution in [2.24, 2.45) is 0 Å². The Bertz CT molecular complexity index is 750. The number of benzene rings is 1. The quantitative estimate of drug-likeness (QED) is 0.604. The van der Waals surface area contributed by atoms with Crippen LogP contribution in [0.15, 0.2) is 17.0 Å². The fourth-order valence-electron chi connectivity index (χ4n) is 2.85. The summed E-state index contributed by atoms with van der Waals surface area (Å²) in [6.07, 6.45) is 1.40. The van der Waals surface area contributed by atoms with Crippen LogP contribution in [-0.4, -0.2) is 63.0 Å². The van der Waals surface area contributed by atoms with Crippen LogP contribution in [0, 0.1) is 11.6 Å². The van der Waals surface area contributed by atoms with Crippen LogP contribution in [0.5, 0.6) is 0 Å². The van der Waals surface area contributed by atoms with Gasteiger partial charge in [-0.25, -0.2) is 22.0 Å². The molecule has 0 radical (unpaired) electrons. The molecule has 0 bridgehead atoms. The third-order valence-corrected chi connectivity index (χ3v) is 5.43. The Hall–Kier alpha value is -1.78. The van der Waals surface area contributed by atoms with Gasteiger partial charge in [0.15, 0.2) is 9.84 Å². The Balaban J connectivity index is 1.74. The molecule has 0 aromatic heterocycles. The number of likely N-dealkylation sites (tertiary alicyclic amines) is 1. The second-order valence-electron chi connectivity index (χ2n) is 6.32. The number of hydrogen-bond acceptors (Lipinski definition) is 5. The molecule has 3 N–H and O–H groups in total. The van der Waals surface area contributed by atoms with E-state index in [1.54, 1.807) is 0 Å². The van der Waals surface area contributed by atoms with Gasteiger partial charge in [-0.1, -0.05) is 0 Å². The number of sulfone groups is 1. The molecule has 1 amide bonds. The van der Waals surface area contributed by atoms with Crippen molar-refractivity contribution in [2.75, 3.05) is 32.4 Å². The van der Waals surface area contributed by atoms with Crippen molar-refractivity contribution in [3.8, 4) is 0 Å². The zero-order chi connectivity index (χ0) is 19.3. The summed E-state index contributed by atoms with van der Waals surface area (Å²) < 4.78 is 50.4. The third-order valence-electron chi connectivity index (χ3n) is 4.32. The van der Waals surface area contributed by atoms with Gasteiger partial charge in [-0.3, -0.25) is 0 Å². The molecule has 0 saturated carbocycles. The smallest absolute Gasteiger partial charge is 0.407 e. The molecular weight excluding hydrogens is 368 g/mol. The predicted octanol–water partition coefficient (Wildman–Crippen LogP) is 1.19. The minimum Gasteiger partial charge on any atom is -0.465 e. The number of nitrogens with one attached hydrogen (secondary N) is 2. The monoisotopic (exact) mass is 391 g/mol. The summed E-state index contributed by atoms with van der Waals surface area (Å²) >= 11 is 0. The van der Waals surface area contributed by atoms with Gasteiger partial charge in [0.1, 0.15) is 16.5 Å². The Labute approximate surface area is 151 Å². The van der Waals surface area contributed by atoms with Crippen LogP contribution in [0.2, 0.25) is 0 Å². The van der Waals surface area contributed by atoms with Crippen LogP contribution < -0.4 is 10.6 Å². The number of nitrogens with zero attached hydrogens (tertiary/aromatic N) is 1. The lowest BCUT2D eigenvalue weighted by Crippen LogP contribution is -2.45. The molecule has 10 heteroatoms. The van der Waals surface area contributed by atoms with E-state index in [0.29, 0.717) is 32.2 Å². The number of carboxylic acid groups (broad SMARTS) is 1. The Morgan fingerprint density at radius 2 is 1.88 bits per heavy atom. The minimum absolute atomic E-state index is 0.0599. The van der Waals surface area contributed by atoms with E-state index in [1.165, 1.54) is 4.90 Å². The summed E-state index contributed by atoms with van der Waals surface area (Å²) in [4.78, 5) is 11.6. The molecule has 1 aromatic carbocycles. The highest BCUT2D eigenvalue weighted by Gasteiger charge is 2.21. The van der Waals surface area contributed by atoms with Crippen LogP contribution in [0.25, 0.3) is 0 Å². The molecule has 1 fully saturated rings. The third kappa shape index (κ3) is 5.61. The van der Waals surface area contributed by atoms with E-state index >= 15 is 0 Å². The zero-order valence-corrected chi connectivity index (χ0v) is 15.3. The van der Waals surface area contributed by atoms with Gasteiger partial charge in [0.2, 0.25) is 0 Å². The first-order valence-electron chi connectivity index (χ1n) is 8.28. The standard InChI is InChI=1S/C16H23F2N3O4S/c1-26(24,25)15-9-13(17)11(8-14(15)18)10-19-4-5-20-12-2-6-21(7-3-12)16(22)23/h8-9,12,19-20H,2-7,10H2,1H3,(H,22,23). The molecular formula is C16H23F2N3O4S. The van der Waals surface area contributed by atoms with E-state index in [0.717, 1.165) is 25.2 Å². The highest BCUT2D eigenvalue weighted by molar-refractivity contribution is 7.90. The molecule has 1 aliphatic rings. The van der Waals surface area contributed by atoms with E-state index in [-0.39, 0.29) is 18.2 Å². The maximum atomic E-state index is 13.9. The minimum atomic E-state index is -3.81. The largest absolute Gasteiger partial charge is 0.465 e. The van der Waals surface area contributed by atoms with E-state index < -0.39 is 32.5 Å². The molecule has 0 aliphatic carbocycles. The Morgan fingerprint density at radius 3 is 2.46 bits per heavy atom. The molecule has 1 saturated heterocycles. The van der Waals surface area contributed by atoms with Crippen LogP contribution in [0.1, 0.15) is 18.4 Å². The Kier molecular flexibility index (Phi) is 6.90. The van der Waals surface area contributed by atoms with Gasteiger partial charge in [0.25, 0.3) is 0 Å². The molecule has 0 atom stereocenters. The van der Waals surface area contributed by atoms with Gasteiger partial charge in [0.05, 0.1) is 0 Å². The fourth-order valence-corrected chi connectivity index (χ4v) is 3.58. The first-order chi connectivity index (χ1) is 12.2. The van der Waals surface area contributed by atoms with E-state index in [1.807, 2.05) is 0 Å². The summed E-state index contributed by atoms with van der Waals surface area (Å²) in [7, 11) is -3.81. The molecule has 2 rings (SSSR count). The molecule has 0 unspecified atom stereocenters. The number of halogens is 2. The molecule has 1 heterocycles. The van der Waals surface area contributed by atoms with Crippen LogP contribution in [0.4, 0.5) is 13.6 Å². The summed E-state index contributed by atoms with van der Waals surface area (Å²) in [5, 5.41) is 15.2. The van der Waals surface area contributed by atoms with E-state index in [9.17, 15) is 22.0 Å². The van der Waals surface area contributed by atoms with Gasteiger partial charge in [-0.15, -0.1) is 0 Å². The normalized spacial score (nSPS) is 16.0. The van der Waals surface area contributed by atoms with Crippen molar-refractivity contribution in [1.29, 1.82) is 0 Å². The summed E-state index contributed by atoms with van der Waals surface area (Å²) in [6.45, 7) is 2.18. The van der Waals surface area contributed by atoms with Crippen LogP contribution in [0.3, 0.4) is 0 Å². The van der Waals surface area contributed by atoms with E-state index in [4.69, 9.17) is 5.11 Å². The lowest BCUT2D eigenvalue weighted by atomic mass is 10.1. The van der Waals surface area contributed by atoms with E-state index in [2.05, 4.69) is 10.6 Å². The summed E-state index contributed by atoms with van der Waals surface area (Å²) in [6, 6.07) is 1.83. The van der Waals surface area contributed by atoms with Gasteiger partial charge >= 0.3 is 6.09 Å². The molecule has 1 aliphatic heterocycles. The molecule has 1 aromatic rings. The summed E-state index contributed by atoms with van der Waals surface area (Å²) in [5.41, 5.74) is 0.0599. The van der Waals surface area contributed by atoms with Gasteiger partial charge in [-0.05, 0) is 25.0 Å². The van der Waals surface area contributed by atoms with Crippen LogP contribution >= 0.6 is 0 Å². The topological polar surface area (TPSA) is 98.7 Å². The number of carbonyl (C=O) groups is 1. The number of amides is 1. The molecule has 26 heavy (non-hydrogen) atoms. The fraction of sp³-hybridized carbons (Fsp3) is 0.562. The van der Waals surface area contributed by atoms with Gasteiger partial charge in [0, 0.05) is 50.6 Å². The van der Waals surface area contributed by atoms with Crippen molar-refractivity contribution < 1.29 is 27.1 Å². The summed E-state index contributed by atoms with van der Waals surface area (Å²) in [5.74, 6) is -1.73. The first-order valence-corrected chi connectivity index (χ1v) is 10.2. The number of hydrogen-bond donors (Lipinski definition) is 3. The predicted molar refractivity (Wildman–Crippen MR) is 91.8 cm³/mol. The highest BCUT2D eigenvalue weighted by Crippen LogP contribution is 2.19.